The van der Waals surface area contributed by atoms with Crippen molar-refractivity contribution < 1.29 is 9.90 Å². The number of carbonyl (C=O) groups excluding carboxylic acids is 1. The Morgan fingerprint density at radius 1 is 1.39 bits per heavy atom. The number of rotatable bonds is 2. The molecule has 0 aliphatic carbocycles. The van der Waals surface area contributed by atoms with E-state index in [1.165, 1.54) is 0 Å². The van der Waals surface area contributed by atoms with Gasteiger partial charge in [-0.3, -0.25) is 4.79 Å². The average Bonchev–Trinajstić information content (AvgIpc) is 2.34. The van der Waals surface area contributed by atoms with E-state index < -0.39 is 6.10 Å². The smallest absolute Gasteiger partial charge is 0.227 e. The summed E-state index contributed by atoms with van der Waals surface area (Å²) in [6.45, 7) is 1.10. The second-order valence-corrected chi connectivity index (χ2v) is 5.33. The van der Waals surface area contributed by atoms with Gasteiger partial charge in [0.15, 0.2) is 0 Å². The van der Waals surface area contributed by atoms with Crippen molar-refractivity contribution in [3.8, 4) is 0 Å². The highest BCUT2D eigenvalue weighted by Crippen LogP contribution is 2.25. The predicted molar refractivity (Wildman–Crippen MR) is 72.0 cm³/mol. The van der Waals surface area contributed by atoms with Gasteiger partial charge in [-0.05, 0) is 30.5 Å². The molecule has 0 aromatic heterocycles. The van der Waals surface area contributed by atoms with Crippen LogP contribution in [0.2, 0.25) is 10.0 Å². The summed E-state index contributed by atoms with van der Waals surface area (Å²) in [6.07, 6.45) is 1.37. The number of piperidine rings is 1. The molecule has 1 heterocycles. The van der Waals surface area contributed by atoms with Crippen LogP contribution in [-0.2, 0) is 11.2 Å². The van der Waals surface area contributed by atoms with Crippen LogP contribution >= 0.6 is 23.2 Å². The van der Waals surface area contributed by atoms with Crippen molar-refractivity contribution in [2.75, 3.05) is 13.1 Å². The maximum absolute atomic E-state index is 12.1. The molecule has 1 aromatic rings. The van der Waals surface area contributed by atoms with Crippen LogP contribution in [-0.4, -0.2) is 35.1 Å². The van der Waals surface area contributed by atoms with E-state index in [2.05, 4.69) is 0 Å². The topological polar surface area (TPSA) is 40.5 Å². The Balaban J connectivity index is 2.07. The molecule has 1 aromatic carbocycles. The summed E-state index contributed by atoms with van der Waals surface area (Å²) in [5.74, 6) is -0.0382. The van der Waals surface area contributed by atoms with Crippen molar-refractivity contribution >= 4 is 29.1 Å². The minimum absolute atomic E-state index is 0.0382. The van der Waals surface area contributed by atoms with E-state index in [-0.39, 0.29) is 12.3 Å². The highest BCUT2D eigenvalue weighted by molar-refractivity contribution is 6.36. The number of hydrogen-bond acceptors (Lipinski definition) is 2. The Labute approximate surface area is 116 Å². The standard InChI is InChI=1S/C13H15Cl2NO2/c14-11-4-1-5-12(15)10(11)7-13(18)16-6-2-3-9(17)8-16/h1,4-5,9,17H,2-3,6-8H2/t9-/m0/s1. The number of benzene rings is 1. The first-order valence-electron chi connectivity index (χ1n) is 5.96. The number of aliphatic hydroxyl groups excluding tert-OH is 1. The zero-order chi connectivity index (χ0) is 13.1. The largest absolute Gasteiger partial charge is 0.391 e. The van der Waals surface area contributed by atoms with Crippen molar-refractivity contribution in [1.29, 1.82) is 0 Å². The zero-order valence-corrected chi connectivity index (χ0v) is 11.4. The molecule has 1 aliphatic heterocycles. The number of hydrogen-bond donors (Lipinski definition) is 1. The minimum atomic E-state index is -0.413. The van der Waals surface area contributed by atoms with Gasteiger partial charge in [0.2, 0.25) is 5.91 Å². The molecule has 3 nitrogen and oxygen atoms in total. The zero-order valence-electron chi connectivity index (χ0n) is 9.90. The molecule has 5 heteroatoms. The second kappa shape index (κ2) is 5.91. The van der Waals surface area contributed by atoms with Gasteiger partial charge in [0, 0.05) is 23.1 Å². The lowest BCUT2D eigenvalue weighted by Gasteiger charge is -2.30. The molecule has 0 bridgehead atoms. The maximum atomic E-state index is 12.1. The van der Waals surface area contributed by atoms with Crippen LogP contribution < -0.4 is 0 Å². The molecular formula is C13H15Cl2NO2. The molecule has 0 spiro atoms. The lowest BCUT2D eigenvalue weighted by molar-refractivity contribution is -0.133. The third-order valence-corrected chi connectivity index (χ3v) is 3.85. The summed E-state index contributed by atoms with van der Waals surface area (Å²) >= 11 is 12.1. The Bertz CT molecular complexity index is 430. The van der Waals surface area contributed by atoms with Gasteiger partial charge in [-0.1, -0.05) is 29.3 Å². The van der Waals surface area contributed by atoms with Gasteiger partial charge >= 0.3 is 0 Å². The van der Waals surface area contributed by atoms with Crippen molar-refractivity contribution in [2.45, 2.75) is 25.4 Å². The van der Waals surface area contributed by atoms with Crippen molar-refractivity contribution in [3.63, 3.8) is 0 Å². The third-order valence-electron chi connectivity index (χ3n) is 3.14. The van der Waals surface area contributed by atoms with Crippen molar-refractivity contribution in [1.82, 2.24) is 4.90 Å². The number of nitrogens with zero attached hydrogens (tertiary/aromatic N) is 1. The van der Waals surface area contributed by atoms with E-state index in [9.17, 15) is 9.90 Å². The Kier molecular flexibility index (Phi) is 4.49. The number of amides is 1. The summed E-state index contributed by atoms with van der Waals surface area (Å²) in [5.41, 5.74) is 0.658. The van der Waals surface area contributed by atoms with Crippen LogP contribution in [0.25, 0.3) is 0 Å². The van der Waals surface area contributed by atoms with E-state index in [4.69, 9.17) is 23.2 Å². The van der Waals surface area contributed by atoms with E-state index in [1.54, 1.807) is 23.1 Å². The first kappa shape index (κ1) is 13.7. The molecule has 2 rings (SSSR count). The maximum Gasteiger partial charge on any atom is 0.227 e. The number of halogens is 2. The Morgan fingerprint density at radius 3 is 2.67 bits per heavy atom. The fourth-order valence-corrected chi connectivity index (χ4v) is 2.68. The van der Waals surface area contributed by atoms with E-state index >= 15 is 0 Å². The molecule has 1 amide bonds. The fraction of sp³-hybridized carbons (Fsp3) is 0.462. The van der Waals surface area contributed by atoms with Crippen LogP contribution in [0.4, 0.5) is 0 Å². The highest BCUT2D eigenvalue weighted by atomic mass is 35.5. The highest BCUT2D eigenvalue weighted by Gasteiger charge is 2.23. The van der Waals surface area contributed by atoms with E-state index in [1.807, 2.05) is 0 Å². The molecular weight excluding hydrogens is 273 g/mol. The summed E-state index contributed by atoms with van der Waals surface area (Å²) in [7, 11) is 0. The van der Waals surface area contributed by atoms with Gasteiger partial charge in [0.25, 0.3) is 0 Å². The molecule has 1 aliphatic rings. The van der Waals surface area contributed by atoms with Gasteiger partial charge in [-0.25, -0.2) is 0 Å². The monoisotopic (exact) mass is 287 g/mol. The fourth-order valence-electron chi connectivity index (χ4n) is 2.15. The summed E-state index contributed by atoms with van der Waals surface area (Å²) in [4.78, 5) is 13.8. The van der Waals surface area contributed by atoms with Crippen LogP contribution in [0, 0.1) is 0 Å². The summed E-state index contributed by atoms with van der Waals surface area (Å²) < 4.78 is 0. The number of aliphatic hydroxyl groups is 1. The van der Waals surface area contributed by atoms with Crippen molar-refractivity contribution in [3.05, 3.63) is 33.8 Å². The Hall–Kier alpha value is -0.770. The summed E-state index contributed by atoms with van der Waals surface area (Å²) in [6, 6.07) is 5.20. The predicted octanol–water partition coefficient (Wildman–Crippen LogP) is 2.52. The molecule has 18 heavy (non-hydrogen) atoms. The SMILES string of the molecule is O=C(Cc1c(Cl)cccc1Cl)N1CCC[C@H](O)C1. The van der Waals surface area contributed by atoms with E-state index in [0.29, 0.717) is 28.7 Å². The molecule has 1 N–H and O–H groups in total. The third kappa shape index (κ3) is 3.16. The number of β-amino-alcohol motifs (C(OH)–C–C–N with tert-alkyl or cyclic N) is 1. The van der Waals surface area contributed by atoms with Gasteiger partial charge in [0.1, 0.15) is 0 Å². The first-order chi connectivity index (χ1) is 8.58. The van der Waals surface area contributed by atoms with Crippen LogP contribution in [0.5, 0.6) is 0 Å². The number of carbonyl (C=O) groups is 1. The summed E-state index contributed by atoms with van der Waals surface area (Å²) in [5, 5.41) is 10.6. The first-order valence-corrected chi connectivity index (χ1v) is 6.72. The van der Waals surface area contributed by atoms with Crippen LogP contribution in [0.3, 0.4) is 0 Å². The average molecular weight is 288 g/mol. The Morgan fingerprint density at radius 2 is 2.06 bits per heavy atom. The number of likely N-dealkylation sites (tertiary alicyclic amines) is 1. The van der Waals surface area contributed by atoms with Gasteiger partial charge in [-0.15, -0.1) is 0 Å². The molecule has 1 fully saturated rings. The molecule has 1 atom stereocenters. The quantitative estimate of drug-likeness (QED) is 0.908. The van der Waals surface area contributed by atoms with E-state index in [0.717, 1.165) is 12.8 Å². The van der Waals surface area contributed by atoms with Gasteiger partial charge in [-0.2, -0.15) is 0 Å². The molecule has 0 radical (unpaired) electrons. The lowest BCUT2D eigenvalue weighted by Crippen LogP contribution is -2.42. The molecule has 98 valence electrons. The van der Waals surface area contributed by atoms with Crippen LogP contribution in [0.15, 0.2) is 18.2 Å². The normalized spacial score (nSPS) is 19.9. The van der Waals surface area contributed by atoms with Crippen molar-refractivity contribution in [2.24, 2.45) is 0 Å². The minimum Gasteiger partial charge on any atom is -0.391 e. The molecule has 0 saturated carbocycles. The van der Waals surface area contributed by atoms with Crippen LogP contribution in [0.1, 0.15) is 18.4 Å². The van der Waals surface area contributed by atoms with Gasteiger partial charge < -0.3 is 10.0 Å². The molecule has 0 unspecified atom stereocenters. The second-order valence-electron chi connectivity index (χ2n) is 4.51. The molecule has 1 saturated heterocycles. The van der Waals surface area contributed by atoms with Gasteiger partial charge in [0.05, 0.1) is 12.5 Å². The lowest BCUT2D eigenvalue weighted by atomic mass is 10.1.